The quantitative estimate of drug-likeness (QED) is 0.130. The highest BCUT2D eigenvalue weighted by molar-refractivity contribution is 6.55. The van der Waals surface area contributed by atoms with Gasteiger partial charge in [0.05, 0.1) is 11.4 Å². The summed E-state index contributed by atoms with van der Waals surface area (Å²) in [7, 11) is 1.89. The molecule has 102 heavy (non-hydrogen) atoms. The molecule has 5 heterocycles. The summed E-state index contributed by atoms with van der Waals surface area (Å²) < 4.78 is 4.00. The average molecular weight is 1350 g/mol. The number of carbonyl (C=O) groups is 10. The van der Waals surface area contributed by atoms with Gasteiger partial charge < -0.3 is 24.1 Å². The minimum Gasteiger partial charge on any atom is -0.338 e. The third-order valence-corrected chi connectivity index (χ3v) is 18.1. The van der Waals surface area contributed by atoms with Crippen molar-refractivity contribution in [2.45, 2.75) is 92.0 Å². The Morgan fingerprint density at radius 3 is 1.14 bits per heavy atom. The van der Waals surface area contributed by atoms with Crippen LogP contribution in [0.25, 0.3) is 67.7 Å². The Kier molecular flexibility index (Phi) is 17.9. The first-order valence-electron chi connectivity index (χ1n) is 33.3. The molecule has 7 aromatic carbocycles. The van der Waals surface area contributed by atoms with Crippen LogP contribution >= 0.6 is 0 Å². The van der Waals surface area contributed by atoms with Crippen molar-refractivity contribution in [2.75, 3.05) is 0 Å². The molecular weight excluding hydrogens is 1280 g/mol. The molecule has 0 spiro atoms. The summed E-state index contributed by atoms with van der Waals surface area (Å²) >= 11 is 0. The smallest absolute Gasteiger partial charge is 0.254 e. The first-order chi connectivity index (χ1) is 48.8. The number of rotatable bonds is 6. The Bertz CT molecular complexity index is 5510. The van der Waals surface area contributed by atoms with Crippen LogP contribution in [-0.4, -0.2) is 107 Å². The van der Waals surface area contributed by atoms with Crippen LogP contribution in [0.15, 0.2) is 182 Å². The van der Waals surface area contributed by atoms with Crippen LogP contribution in [0.1, 0.15) is 213 Å². The van der Waals surface area contributed by atoms with Gasteiger partial charge in [-0.2, -0.15) is 0 Å². The third kappa shape index (κ3) is 12.0. The molecule has 5 aliphatic rings. The molecule has 5 aliphatic carbocycles. The van der Waals surface area contributed by atoms with E-state index in [1.54, 1.807) is 60.7 Å². The van der Waals surface area contributed by atoms with Gasteiger partial charge in [0.2, 0.25) is 28.9 Å². The molecule has 0 saturated carbocycles. The normalized spacial score (nSPS) is 13.5. The van der Waals surface area contributed by atoms with E-state index in [4.69, 9.17) is 0 Å². The van der Waals surface area contributed by atoms with Crippen LogP contribution in [0.2, 0.25) is 0 Å². The predicted octanol–water partition coefficient (Wildman–Crippen LogP) is 15.1. The number of carbonyl (C=O) groups excluding carboxylic acids is 10. The number of Topliss-reactive ketones (excluding diaryl/α,β-unsaturated/α-hetero) is 10. The van der Waals surface area contributed by atoms with E-state index in [1.165, 1.54) is 0 Å². The van der Waals surface area contributed by atoms with Crippen LogP contribution in [0.4, 0.5) is 0 Å². The summed E-state index contributed by atoms with van der Waals surface area (Å²) in [6.07, 6.45) is 0. The maximum atomic E-state index is 12.6. The summed E-state index contributed by atoms with van der Waals surface area (Å²) in [6, 6.07) is 55.3. The number of H-pyrrole nitrogens is 3. The molecule has 20 heteroatoms. The molecule has 12 aromatic rings. The third-order valence-electron chi connectivity index (χ3n) is 18.1. The summed E-state index contributed by atoms with van der Waals surface area (Å²) in [4.78, 5) is 153. The van der Waals surface area contributed by atoms with Crippen LogP contribution < -0.4 is 0 Å². The number of hydrogen-bond donors (Lipinski definition) is 3. The van der Waals surface area contributed by atoms with Gasteiger partial charge in [-0.1, -0.05) is 244 Å². The predicted molar refractivity (Wildman–Crippen MR) is 384 cm³/mol. The summed E-state index contributed by atoms with van der Waals surface area (Å²) in [5.41, 5.74) is 12.5. The van der Waals surface area contributed by atoms with E-state index in [0.29, 0.717) is 74.2 Å². The van der Waals surface area contributed by atoms with Gasteiger partial charge in [0.15, 0.2) is 0 Å². The first kappa shape index (κ1) is 67.8. The number of ketones is 10. The van der Waals surface area contributed by atoms with E-state index in [-0.39, 0.29) is 40.3 Å². The van der Waals surface area contributed by atoms with Gasteiger partial charge in [-0.3, -0.25) is 47.9 Å². The van der Waals surface area contributed by atoms with Crippen LogP contribution in [0.5, 0.6) is 0 Å². The number of aromatic amines is 3. The van der Waals surface area contributed by atoms with Gasteiger partial charge in [-0.05, 0) is 5.56 Å². The molecule has 506 valence electrons. The van der Waals surface area contributed by atoms with Crippen molar-refractivity contribution in [3.63, 3.8) is 0 Å². The SMILES string of the molecule is CC(C)(C)c1nc2c([nH]1)C(=O)C(=O)c1ccccc1-2.CC(C)c1nc2c([nH]1)C(=O)C(=O)c1ccccc1-2.CC(C)c1nc2c(n1C)-c1ccccc1C(=O)C2=O.CC(C)c1nc2c(n1Cc1ccccc1)-c1ccccc1C(=O)C2=O.O=C1C(=O)c2[nH]c(-c3ccccc3)nc2-c2ccccc21. The number of benzene rings is 7. The van der Waals surface area contributed by atoms with Gasteiger partial charge in [0.1, 0.15) is 74.7 Å². The lowest BCUT2D eigenvalue weighted by atomic mass is 9.90. The zero-order valence-corrected chi connectivity index (χ0v) is 57.5. The van der Waals surface area contributed by atoms with E-state index in [1.807, 2.05) is 183 Å². The van der Waals surface area contributed by atoms with Crippen LogP contribution in [0.3, 0.4) is 0 Å². The number of aromatic nitrogens is 10. The Morgan fingerprint density at radius 2 is 0.686 bits per heavy atom. The number of nitrogens with zero attached hydrogens (tertiary/aromatic N) is 7. The zero-order valence-electron chi connectivity index (χ0n) is 57.5. The van der Waals surface area contributed by atoms with Crippen molar-refractivity contribution < 1.29 is 47.9 Å². The molecule has 17 rings (SSSR count). The van der Waals surface area contributed by atoms with Crippen molar-refractivity contribution in [3.8, 4) is 67.7 Å². The molecule has 5 aromatic heterocycles. The van der Waals surface area contributed by atoms with Gasteiger partial charge in [-0.15, -0.1) is 0 Å². The van der Waals surface area contributed by atoms with Gasteiger partial charge in [-0.25, -0.2) is 24.9 Å². The molecule has 0 amide bonds. The summed E-state index contributed by atoms with van der Waals surface area (Å²) in [5, 5.41) is 0. The van der Waals surface area contributed by atoms with Gasteiger partial charge in [0.25, 0.3) is 28.9 Å². The maximum absolute atomic E-state index is 12.6. The second kappa shape index (κ2) is 26.8. The van der Waals surface area contributed by atoms with Crippen molar-refractivity contribution >= 4 is 57.8 Å². The Hall–Kier alpha value is -12.7. The fourth-order valence-corrected chi connectivity index (χ4v) is 12.9. The molecule has 0 unspecified atom stereocenters. The molecular formula is C82H68N10O10. The average Bonchev–Trinajstić information content (AvgIpc) is 1.58. The van der Waals surface area contributed by atoms with Crippen LogP contribution in [0, 0.1) is 0 Å². The Morgan fingerprint density at radius 1 is 0.333 bits per heavy atom. The van der Waals surface area contributed by atoms with Gasteiger partial charge >= 0.3 is 0 Å². The maximum Gasteiger partial charge on any atom is 0.254 e. The van der Waals surface area contributed by atoms with Crippen molar-refractivity contribution in [2.24, 2.45) is 7.05 Å². The van der Waals surface area contributed by atoms with Crippen molar-refractivity contribution in [1.29, 1.82) is 0 Å². The topological polar surface area (TPSA) is 292 Å². The van der Waals surface area contributed by atoms with E-state index in [9.17, 15) is 47.9 Å². The number of hydrogen-bond acceptors (Lipinski definition) is 15. The highest BCUT2D eigenvalue weighted by atomic mass is 16.2. The molecule has 0 saturated heterocycles. The second-order valence-corrected chi connectivity index (χ2v) is 27.0. The monoisotopic (exact) mass is 1350 g/mol. The van der Waals surface area contributed by atoms with E-state index >= 15 is 0 Å². The highest BCUT2D eigenvalue weighted by Gasteiger charge is 2.40. The second-order valence-electron chi connectivity index (χ2n) is 27.0. The summed E-state index contributed by atoms with van der Waals surface area (Å²) in [5.74, 6) is -0.663. The lowest BCUT2D eigenvalue weighted by Gasteiger charge is -2.18. The minimum absolute atomic E-state index is 0.143. The number of nitrogens with one attached hydrogen (secondary N) is 3. The van der Waals surface area contributed by atoms with Gasteiger partial charge in [0, 0.05) is 98.0 Å². The molecule has 0 aliphatic heterocycles. The Balaban J connectivity index is 0.000000114. The minimum atomic E-state index is -0.529. The largest absolute Gasteiger partial charge is 0.338 e. The standard InChI is InChI=1S/C21H18N2O2.C17H10N2O2.2C15H14N2O2.C14H12N2O2/c1-13(2)21-22-17-18(23(21)12-14-8-4-3-5-9-14)15-10-6-7-11-16(15)19(24)20(17)25;20-15-12-9-5-4-8-11(12)13-14(16(15)21)19-17(18-13)10-6-2-1-3-7-10;1-15(2,3)14-16-10-8-6-4-5-7-9(8)12(18)13(19)11(10)17-14;1-8(2)15-16-11-12(17(15)3)9-6-4-5-7-10(9)13(18)14(11)19;1-7(2)14-15-10-8-5-3-4-6-9(8)12(17)13(18)11(10)16-14/h3-11,13H,12H2,1-2H3;1-9H,(H,18,19);4-7H,1-3H3,(H,16,17);4-8H,1-3H3;3-7H,1-2H3,(H,15,16). The molecule has 3 N–H and O–H groups in total. The number of fused-ring (bicyclic) bond motifs is 15. The van der Waals surface area contributed by atoms with Crippen LogP contribution in [-0.2, 0) is 19.0 Å². The summed E-state index contributed by atoms with van der Waals surface area (Å²) in [6.45, 7) is 18.8. The molecule has 0 bridgehead atoms. The fourth-order valence-electron chi connectivity index (χ4n) is 12.9. The van der Waals surface area contributed by atoms with E-state index < -0.39 is 57.8 Å². The molecule has 0 atom stereocenters. The lowest BCUT2D eigenvalue weighted by Crippen LogP contribution is -2.22. The lowest BCUT2D eigenvalue weighted by molar-refractivity contribution is 0.0812. The zero-order chi connectivity index (χ0) is 72.3. The molecule has 20 nitrogen and oxygen atoms in total. The van der Waals surface area contributed by atoms with Crippen molar-refractivity contribution in [3.05, 3.63) is 267 Å². The highest BCUT2D eigenvalue weighted by Crippen LogP contribution is 2.40. The van der Waals surface area contributed by atoms with Crippen molar-refractivity contribution in [1.82, 2.24) is 49.0 Å². The number of imidazole rings is 5. The fraction of sp³-hybridized carbons (Fsp3) is 0.183. The Labute approximate surface area is 585 Å². The first-order valence-corrected chi connectivity index (χ1v) is 33.3. The van der Waals surface area contributed by atoms with E-state index in [0.717, 1.165) is 68.1 Å². The molecule has 0 fully saturated rings. The molecule has 0 radical (unpaired) electrons. The van der Waals surface area contributed by atoms with E-state index in [2.05, 4.69) is 56.6 Å².